The van der Waals surface area contributed by atoms with E-state index < -0.39 is 0 Å². The van der Waals surface area contributed by atoms with E-state index in [1.165, 1.54) is 0 Å². The molecule has 5 heteroatoms. The van der Waals surface area contributed by atoms with Crippen LogP contribution in [0.25, 0.3) is 17.1 Å². The molecule has 0 bridgehead atoms. The van der Waals surface area contributed by atoms with Crippen molar-refractivity contribution < 1.29 is 9.21 Å². The average molecular weight is 247 g/mol. The smallest absolute Gasteiger partial charge is 0.194 e. The van der Waals surface area contributed by atoms with E-state index in [2.05, 4.69) is 4.98 Å². The lowest BCUT2D eigenvalue weighted by molar-refractivity contribution is 0.112. The maximum atomic E-state index is 10.9. The van der Waals surface area contributed by atoms with Crippen LogP contribution in [0, 0.1) is 0 Å². The van der Waals surface area contributed by atoms with Gasteiger partial charge in [-0.2, -0.15) is 0 Å². The fourth-order valence-corrected chi connectivity index (χ4v) is 1.91. The summed E-state index contributed by atoms with van der Waals surface area (Å²) in [6.45, 7) is 0. The van der Waals surface area contributed by atoms with Crippen molar-refractivity contribution in [2.24, 2.45) is 0 Å². The number of carbonyl (C=O) groups is 1. The molecule has 0 atom stereocenters. The van der Waals surface area contributed by atoms with Crippen LogP contribution in [-0.2, 0) is 0 Å². The molecule has 0 aliphatic heterocycles. The summed E-state index contributed by atoms with van der Waals surface area (Å²) in [5.74, 6) is 1.19. The topological polar surface area (TPSA) is 47.5 Å². The third kappa shape index (κ3) is 1.54. The van der Waals surface area contributed by atoms with Gasteiger partial charge >= 0.3 is 0 Å². The molecular weight excluding hydrogens is 240 g/mol. The molecule has 3 rings (SSSR count). The molecule has 0 saturated heterocycles. The lowest BCUT2D eigenvalue weighted by Crippen LogP contribution is -1.90. The first-order chi connectivity index (χ1) is 8.29. The summed E-state index contributed by atoms with van der Waals surface area (Å²) in [6.07, 6.45) is 4.26. The SMILES string of the molecule is O=Cc1cccn2c(-c3ccc(Cl)o3)ncc12. The van der Waals surface area contributed by atoms with E-state index >= 15 is 0 Å². The van der Waals surface area contributed by atoms with Crippen LogP contribution in [0.4, 0.5) is 0 Å². The molecule has 0 aliphatic carbocycles. The normalized spacial score (nSPS) is 10.9. The number of hydrogen-bond donors (Lipinski definition) is 0. The monoisotopic (exact) mass is 246 g/mol. The van der Waals surface area contributed by atoms with E-state index in [1.54, 1.807) is 34.9 Å². The molecule has 0 saturated carbocycles. The van der Waals surface area contributed by atoms with E-state index in [9.17, 15) is 4.79 Å². The van der Waals surface area contributed by atoms with Gasteiger partial charge in [-0.15, -0.1) is 0 Å². The van der Waals surface area contributed by atoms with Crippen LogP contribution in [0.2, 0.25) is 5.22 Å². The number of halogens is 1. The number of nitrogens with zero attached hydrogens (tertiary/aromatic N) is 2. The summed E-state index contributed by atoms with van der Waals surface area (Å²) in [7, 11) is 0. The fourth-order valence-electron chi connectivity index (χ4n) is 1.76. The summed E-state index contributed by atoms with van der Waals surface area (Å²) < 4.78 is 7.09. The summed E-state index contributed by atoms with van der Waals surface area (Å²) in [6, 6.07) is 6.92. The Kier molecular flexibility index (Phi) is 2.23. The Bertz CT molecular complexity index is 699. The molecular formula is C12H7ClN2O2. The predicted molar refractivity (Wildman–Crippen MR) is 63.3 cm³/mol. The quantitative estimate of drug-likeness (QED) is 0.653. The van der Waals surface area contributed by atoms with Crippen LogP contribution in [0.3, 0.4) is 0 Å². The average Bonchev–Trinajstić information content (AvgIpc) is 2.94. The lowest BCUT2D eigenvalue weighted by atomic mass is 10.2. The van der Waals surface area contributed by atoms with Crippen molar-refractivity contribution in [3.8, 4) is 11.6 Å². The molecule has 0 radical (unpaired) electrons. The van der Waals surface area contributed by atoms with E-state index in [1.807, 2.05) is 6.20 Å². The maximum absolute atomic E-state index is 10.9. The molecule has 0 unspecified atom stereocenters. The summed E-state index contributed by atoms with van der Waals surface area (Å²) in [4.78, 5) is 15.1. The highest BCUT2D eigenvalue weighted by Gasteiger charge is 2.11. The zero-order valence-corrected chi connectivity index (χ0v) is 9.39. The molecule has 3 heterocycles. The van der Waals surface area contributed by atoms with Gasteiger partial charge in [0.15, 0.2) is 23.1 Å². The van der Waals surface area contributed by atoms with Crippen LogP contribution in [-0.4, -0.2) is 15.7 Å². The van der Waals surface area contributed by atoms with E-state index in [0.717, 1.165) is 11.8 Å². The minimum absolute atomic E-state index is 0.309. The first-order valence-corrected chi connectivity index (χ1v) is 5.34. The molecule has 0 amide bonds. The van der Waals surface area contributed by atoms with E-state index in [4.69, 9.17) is 16.0 Å². The van der Waals surface area contributed by atoms with Crippen molar-refractivity contribution in [2.45, 2.75) is 0 Å². The second-order valence-electron chi connectivity index (χ2n) is 3.52. The minimum atomic E-state index is 0.309. The fraction of sp³-hybridized carbons (Fsp3) is 0. The van der Waals surface area contributed by atoms with Crippen molar-refractivity contribution >= 4 is 23.4 Å². The van der Waals surface area contributed by atoms with Crippen LogP contribution in [0.5, 0.6) is 0 Å². The van der Waals surface area contributed by atoms with Crippen molar-refractivity contribution in [1.82, 2.24) is 9.38 Å². The molecule has 0 fully saturated rings. The number of imidazole rings is 1. The minimum Gasteiger partial charge on any atom is -0.441 e. The van der Waals surface area contributed by atoms with Gasteiger partial charge in [-0.25, -0.2) is 4.98 Å². The number of fused-ring (bicyclic) bond motifs is 1. The van der Waals surface area contributed by atoms with Crippen molar-refractivity contribution in [3.63, 3.8) is 0 Å². The third-order valence-electron chi connectivity index (χ3n) is 2.52. The highest BCUT2D eigenvalue weighted by atomic mass is 35.5. The molecule has 3 aromatic rings. The van der Waals surface area contributed by atoms with Crippen molar-refractivity contribution in [1.29, 1.82) is 0 Å². The van der Waals surface area contributed by atoms with Gasteiger partial charge in [-0.1, -0.05) is 0 Å². The van der Waals surface area contributed by atoms with Gasteiger partial charge in [-0.3, -0.25) is 9.20 Å². The second-order valence-corrected chi connectivity index (χ2v) is 3.89. The number of carbonyl (C=O) groups excluding carboxylic acids is 1. The standard InChI is InChI=1S/C12H7ClN2O2/c13-11-4-3-10(17-11)12-14-6-9-8(7-16)2-1-5-15(9)12/h1-7H. The zero-order valence-electron chi connectivity index (χ0n) is 8.63. The van der Waals surface area contributed by atoms with Gasteiger partial charge in [-0.05, 0) is 35.9 Å². The maximum Gasteiger partial charge on any atom is 0.194 e. The van der Waals surface area contributed by atoms with Gasteiger partial charge < -0.3 is 4.42 Å². The van der Waals surface area contributed by atoms with Gasteiger partial charge in [0.25, 0.3) is 0 Å². The van der Waals surface area contributed by atoms with Crippen molar-refractivity contribution in [2.75, 3.05) is 0 Å². The Hall–Kier alpha value is -2.07. The molecule has 0 aliphatic rings. The number of hydrogen-bond acceptors (Lipinski definition) is 3. The Morgan fingerprint density at radius 3 is 2.94 bits per heavy atom. The number of aldehydes is 1. The number of pyridine rings is 1. The molecule has 0 N–H and O–H groups in total. The van der Waals surface area contributed by atoms with Gasteiger partial charge in [0.05, 0.1) is 11.7 Å². The number of furan rings is 1. The predicted octanol–water partition coefficient (Wildman–Crippen LogP) is 3.06. The highest BCUT2D eigenvalue weighted by molar-refractivity contribution is 6.28. The van der Waals surface area contributed by atoms with E-state index in [0.29, 0.717) is 22.4 Å². The molecule has 4 nitrogen and oxygen atoms in total. The van der Waals surface area contributed by atoms with Crippen LogP contribution in [0.15, 0.2) is 41.1 Å². The number of rotatable bonds is 2. The molecule has 17 heavy (non-hydrogen) atoms. The first-order valence-electron chi connectivity index (χ1n) is 4.96. The molecule has 3 aromatic heterocycles. The van der Waals surface area contributed by atoms with Gasteiger partial charge in [0.1, 0.15) is 0 Å². The summed E-state index contributed by atoms with van der Waals surface area (Å²) >= 11 is 5.73. The summed E-state index contributed by atoms with van der Waals surface area (Å²) in [5, 5.41) is 0.309. The van der Waals surface area contributed by atoms with Crippen LogP contribution in [0.1, 0.15) is 10.4 Å². The van der Waals surface area contributed by atoms with Crippen LogP contribution < -0.4 is 0 Å². The van der Waals surface area contributed by atoms with Gasteiger partial charge in [0.2, 0.25) is 0 Å². The largest absolute Gasteiger partial charge is 0.441 e. The highest BCUT2D eigenvalue weighted by Crippen LogP contribution is 2.25. The Morgan fingerprint density at radius 2 is 2.24 bits per heavy atom. The van der Waals surface area contributed by atoms with Crippen molar-refractivity contribution in [3.05, 3.63) is 47.4 Å². The molecule has 0 aromatic carbocycles. The second kappa shape index (κ2) is 3.75. The molecule has 84 valence electrons. The number of aromatic nitrogens is 2. The Labute approximate surface area is 101 Å². The summed E-state index contributed by atoms with van der Waals surface area (Å²) in [5.41, 5.74) is 1.33. The first kappa shape index (κ1) is 10.1. The lowest BCUT2D eigenvalue weighted by Gasteiger charge is -1.99. The Balaban J connectivity index is 2.28. The van der Waals surface area contributed by atoms with E-state index in [-0.39, 0.29) is 0 Å². The van der Waals surface area contributed by atoms with Crippen LogP contribution >= 0.6 is 11.6 Å². The van der Waals surface area contributed by atoms with Gasteiger partial charge in [0, 0.05) is 11.8 Å². The zero-order chi connectivity index (χ0) is 11.8. The third-order valence-corrected chi connectivity index (χ3v) is 2.73. The Morgan fingerprint density at radius 1 is 1.35 bits per heavy atom. The molecule has 0 spiro atoms.